The minimum absolute atomic E-state index is 0.679. The maximum Gasteiger partial charge on any atom is 0.200 e. The molecule has 0 radical (unpaired) electrons. The zero-order chi connectivity index (χ0) is 13.4. The van der Waals surface area contributed by atoms with E-state index in [2.05, 4.69) is 31.6 Å². The maximum atomic E-state index is 4.57. The van der Waals surface area contributed by atoms with Gasteiger partial charge in [0.05, 0.1) is 0 Å². The Morgan fingerprint density at radius 2 is 1.95 bits per heavy atom. The van der Waals surface area contributed by atoms with E-state index in [0.29, 0.717) is 11.7 Å². The van der Waals surface area contributed by atoms with Gasteiger partial charge >= 0.3 is 0 Å². The lowest BCUT2D eigenvalue weighted by molar-refractivity contribution is 0.356. The Hall–Kier alpha value is -1.72. The molecule has 2 aliphatic carbocycles. The first-order chi connectivity index (χ1) is 9.90. The topological polar surface area (TPSA) is 59.2 Å². The van der Waals surface area contributed by atoms with Gasteiger partial charge in [0.25, 0.3) is 0 Å². The molecule has 2 aromatic heterocycles. The molecule has 2 saturated carbocycles. The van der Waals surface area contributed by atoms with Gasteiger partial charge in [0.15, 0.2) is 11.5 Å². The number of rotatable bonds is 4. The zero-order valence-electron chi connectivity index (χ0n) is 11.6. The Bertz CT molecular complexity index is 584. The van der Waals surface area contributed by atoms with Gasteiger partial charge in [0.1, 0.15) is 0 Å². The van der Waals surface area contributed by atoms with Crippen molar-refractivity contribution in [3.05, 3.63) is 12.1 Å². The zero-order valence-corrected chi connectivity index (χ0v) is 11.6. The van der Waals surface area contributed by atoms with Crippen LogP contribution in [0.15, 0.2) is 12.1 Å². The van der Waals surface area contributed by atoms with Crippen molar-refractivity contribution in [1.29, 1.82) is 0 Å². The first kappa shape index (κ1) is 12.1. The van der Waals surface area contributed by atoms with Gasteiger partial charge in [0.2, 0.25) is 0 Å². The van der Waals surface area contributed by atoms with Crippen LogP contribution in [0.5, 0.6) is 0 Å². The minimum atomic E-state index is 0.679. The van der Waals surface area contributed by atoms with Gasteiger partial charge in [-0.3, -0.25) is 0 Å². The van der Waals surface area contributed by atoms with Crippen LogP contribution in [0.1, 0.15) is 44.9 Å². The molecule has 0 bridgehead atoms. The summed E-state index contributed by atoms with van der Waals surface area (Å²) in [5, 5.41) is 16.1. The number of fused-ring (bicyclic) bond motifs is 1. The highest BCUT2D eigenvalue weighted by Crippen LogP contribution is 2.34. The summed E-state index contributed by atoms with van der Waals surface area (Å²) in [6.07, 6.45) is 9.52. The Balaban J connectivity index is 1.57. The molecule has 2 aromatic rings. The fourth-order valence-corrected chi connectivity index (χ4v) is 3.26. The minimum Gasteiger partial charge on any atom is -0.352 e. The summed E-state index contributed by atoms with van der Waals surface area (Å²) >= 11 is 0. The van der Waals surface area contributed by atoms with E-state index in [4.69, 9.17) is 0 Å². The third-order valence-corrected chi connectivity index (χ3v) is 4.52. The molecule has 2 aliphatic rings. The van der Waals surface area contributed by atoms with Gasteiger partial charge < -0.3 is 4.90 Å². The molecule has 6 nitrogen and oxygen atoms in total. The van der Waals surface area contributed by atoms with Crippen molar-refractivity contribution in [2.75, 3.05) is 11.4 Å². The van der Waals surface area contributed by atoms with E-state index >= 15 is 0 Å². The lowest BCUT2D eigenvalue weighted by Gasteiger charge is -2.30. The molecule has 2 fully saturated rings. The van der Waals surface area contributed by atoms with E-state index in [1.807, 2.05) is 6.07 Å². The van der Waals surface area contributed by atoms with E-state index in [1.165, 1.54) is 49.6 Å². The normalized spacial score (nSPS) is 20.4. The number of anilines is 1. The second-order valence-corrected chi connectivity index (χ2v) is 6.11. The Morgan fingerprint density at radius 1 is 1.10 bits per heavy atom. The number of tetrazole rings is 1. The van der Waals surface area contributed by atoms with Crippen LogP contribution >= 0.6 is 0 Å². The molecular formula is C14H20N6. The highest BCUT2D eigenvalue weighted by Gasteiger charge is 2.32. The summed E-state index contributed by atoms with van der Waals surface area (Å²) in [4.78, 5) is 2.48. The molecule has 4 rings (SSSR count). The monoisotopic (exact) mass is 272 g/mol. The Kier molecular flexibility index (Phi) is 3.01. The predicted molar refractivity (Wildman–Crippen MR) is 75.5 cm³/mol. The predicted octanol–water partition coefficient (Wildman–Crippen LogP) is 2.07. The molecule has 0 N–H and O–H groups in total. The summed E-state index contributed by atoms with van der Waals surface area (Å²) in [5.41, 5.74) is 0.710. The molecule has 6 heteroatoms. The van der Waals surface area contributed by atoms with Crippen molar-refractivity contribution in [3.63, 3.8) is 0 Å². The third kappa shape index (κ3) is 2.34. The molecule has 0 unspecified atom stereocenters. The van der Waals surface area contributed by atoms with E-state index in [9.17, 15) is 0 Å². The van der Waals surface area contributed by atoms with Crippen LogP contribution in [-0.2, 0) is 0 Å². The first-order valence-electron chi connectivity index (χ1n) is 7.72. The molecular weight excluding hydrogens is 252 g/mol. The number of hydrogen-bond acceptors (Lipinski definition) is 5. The summed E-state index contributed by atoms with van der Waals surface area (Å²) in [6, 6.07) is 4.70. The molecule has 20 heavy (non-hydrogen) atoms. The van der Waals surface area contributed by atoms with Crippen molar-refractivity contribution in [2.24, 2.45) is 5.92 Å². The summed E-state index contributed by atoms with van der Waals surface area (Å²) in [7, 11) is 0. The van der Waals surface area contributed by atoms with Crippen molar-refractivity contribution in [3.8, 4) is 0 Å². The smallest absolute Gasteiger partial charge is 0.200 e. The van der Waals surface area contributed by atoms with E-state index in [0.717, 1.165) is 18.3 Å². The van der Waals surface area contributed by atoms with Crippen molar-refractivity contribution in [1.82, 2.24) is 25.3 Å². The van der Waals surface area contributed by atoms with Crippen LogP contribution in [0.4, 0.5) is 5.82 Å². The van der Waals surface area contributed by atoms with Gasteiger partial charge in [-0.1, -0.05) is 19.3 Å². The quantitative estimate of drug-likeness (QED) is 0.852. The second-order valence-electron chi connectivity index (χ2n) is 6.11. The molecule has 106 valence electrons. The van der Waals surface area contributed by atoms with Gasteiger partial charge in [0, 0.05) is 12.6 Å². The van der Waals surface area contributed by atoms with Crippen molar-refractivity contribution >= 4 is 11.5 Å². The molecule has 0 amide bonds. The van der Waals surface area contributed by atoms with Crippen LogP contribution in [-0.4, -0.2) is 37.8 Å². The van der Waals surface area contributed by atoms with Gasteiger partial charge in [-0.25, -0.2) is 0 Å². The molecule has 2 heterocycles. The fraction of sp³-hybridized carbons (Fsp3) is 0.714. The lowest BCUT2D eigenvalue weighted by atomic mass is 9.89. The highest BCUT2D eigenvalue weighted by atomic mass is 15.6. The molecule has 0 aliphatic heterocycles. The third-order valence-electron chi connectivity index (χ3n) is 4.52. The van der Waals surface area contributed by atoms with Crippen molar-refractivity contribution in [2.45, 2.75) is 51.0 Å². The van der Waals surface area contributed by atoms with Crippen LogP contribution < -0.4 is 4.90 Å². The summed E-state index contributed by atoms with van der Waals surface area (Å²) < 4.78 is 1.53. The van der Waals surface area contributed by atoms with Crippen LogP contribution in [0.3, 0.4) is 0 Å². The van der Waals surface area contributed by atoms with Crippen molar-refractivity contribution < 1.29 is 0 Å². The average molecular weight is 272 g/mol. The standard InChI is InChI=1S/C14H20N6/c1-2-4-11(5-3-1)10-19(12-6-7-12)14-9-8-13-15-17-18-20(13)16-14/h8-9,11-12H,1-7,10H2. The average Bonchev–Trinajstić information content (AvgIpc) is 3.22. The number of nitrogens with zero attached hydrogens (tertiary/aromatic N) is 6. The molecule has 0 aromatic carbocycles. The second kappa shape index (κ2) is 5.00. The van der Waals surface area contributed by atoms with Crippen LogP contribution in [0.25, 0.3) is 5.65 Å². The molecule has 0 spiro atoms. The fourth-order valence-electron chi connectivity index (χ4n) is 3.26. The van der Waals surface area contributed by atoms with E-state index in [1.54, 1.807) is 0 Å². The van der Waals surface area contributed by atoms with Gasteiger partial charge in [-0.05, 0) is 54.2 Å². The maximum absolute atomic E-state index is 4.57. The van der Waals surface area contributed by atoms with Crippen LogP contribution in [0, 0.1) is 5.92 Å². The van der Waals surface area contributed by atoms with Gasteiger partial charge in [-0.2, -0.15) is 0 Å². The Labute approximate surface area is 118 Å². The largest absolute Gasteiger partial charge is 0.352 e. The first-order valence-corrected chi connectivity index (χ1v) is 7.72. The highest BCUT2D eigenvalue weighted by molar-refractivity contribution is 5.46. The summed E-state index contributed by atoms with van der Waals surface area (Å²) in [6.45, 7) is 1.14. The summed E-state index contributed by atoms with van der Waals surface area (Å²) in [5.74, 6) is 1.86. The number of hydrogen-bond donors (Lipinski definition) is 0. The van der Waals surface area contributed by atoms with Crippen LogP contribution in [0.2, 0.25) is 0 Å². The number of aromatic nitrogens is 5. The van der Waals surface area contributed by atoms with E-state index < -0.39 is 0 Å². The van der Waals surface area contributed by atoms with E-state index in [-0.39, 0.29) is 0 Å². The lowest BCUT2D eigenvalue weighted by Crippen LogP contribution is -2.33. The SMILES string of the molecule is c1cc2nnnn2nc1N(CC1CCCCC1)C1CC1. The molecule has 0 saturated heterocycles. The van der Waals surface area contributed by atoms with Gasteiger partial charge in [-0.15, -0.1) is 14.8 Å². The molecule has 0 atom stereocenters. The Morgan fingerprint density at radius 3 is 2.75 bits per heavy atom.